The van der Waals surface area contributed by atoms with E-state index in [1.54, 1.807) is 0 Å². The molecule has 0 fully saturated rings. The minimum atomic E-state index is -0.551. The lowest BCUT2D eigenvalue weighted by molar-refractivity contribution is -0.136. The quantitative estimate of drug-likeness (QED) is 0.149. The van der Waals surface area contributed by atoms with Gasteiger partial charge in [-0.3, -0.25) is 4.79 Å². The van der Waals surface area contributed by atoms with Crippen molar-refractivity contribution in [2.24, 2.45) is 0 Å². The van der Waals surface area contributed by atoms with E-state index in [1.165, 1.54) is 95.5 Å². The van der Waals surface area contributed by atoms with Gasteiger partial charge in [-0.1, -0.05) is 90.4 Å². The molecule has 1 aromatic rings. The second-order valence-electron chi connectivity index (χ2n) is 9.89. The van der Waals surface area contributed by atoms with Gasteiger partial charge in [0.2, 0.25) is 0 Å². The number of aliphatic hydroxyl groups excluding tert-OH is 1. The van der Waals surface area contributed by atoms with Crippen LogP contribution in [0.4, 0.5) is 5.69 Å². The van der Waals surface area contributed by atoms with E-state index in [0.717, 1.165) is 12.2 Å². The van der Waals surface area contributed by atoms with Crippen molar-refractivity contribution >= 4 is 17.6 Å². The van der Waals surface area contributed by atoms with Gasteiger partial charge in [0.25, 0.3) is 5.91 Å². The van der Waals surface area contributed by atoms with Gasteiger partial charge in [0, 0.05) is 12.2 Å². The van der Waals surface area contributed by atoms with Crippen molar-refractivity contribution in [3.63, 3.8) is 0 Å². The molecule has 7 nitrogen and oxygen atoms in total. The summed E-state index contributed by atoms with van der Waals surface area (Å²) in [4.78, 5) is 26.1. The molecule has 0 unspecified atom stereocenters. The van der Waals surface area contributed by atoms with Gasteiger partial charge in [0.1, 0.15) is 11.4 Å². The zero-order chi connectivity index (χ0) is 26.7. The molecule has 7 heteroatoms. The van der Waals surface area contributed by atoms with E-state index < -0.39 is 5.97 Å². The third-order valence-corrected chi connectivity index (χ3v) is 6.84. The Labute approximate surface area is 223 Å². The molecular weight excluding hydrogens is 468 g/mol. The number of nitrogens with zero attached hydrogens (tertiary/aromatic N) is 1. The molecule has 1 aliphatic rings. The zero-order valence-corrected chi connectivity index (χ0v) is 23.1. The topological polar surface area (TPSA) is 88.1 Å². The summed E-state index contributed by atoms with van der Waals surface area (Å²) in [7, 11) is 1.29. The fourth-order valence-corrected chi connectivity index (χ4v) is 4.61. The summed E-state index contributed by atoms with van der Waals surface area (Å²) in [6, 6.07) is 7.36. The Bertz CT molecular complexity index is 822. The summed E-state index contributed by atoms with van der Waals surface area (Å²) in [5.41, 5.74) is 1.13. The number of amides is 1. The number of aliphatic hydroxyl groups is 1. The summed E-state index contributed by atoms with van der Waals surface area (Å²) in [5.74, 6) is -0.0981. The number of hydrogen-bond acceptors (Lipinski definition) is 6. The number of carbonyl (C=O) groups excluding carboxylic acids is 2. The third-order valence-electron chi connectivity index (χ3n) is 6.84. The third kappa shape index (κ3) is 11.6. The molecule has 0 radical (unpaired) electrons. The lowest BCUT2D eigenvalue weighted by Crippen LogP contribution is -2.31. The number of ether oxygens (including phenoxy) is 2. The van der Waals surface area contributed by atoms with Crippen LogP contribution in [0.3, 0.4) is 0 Å². The molecule has 0 atom stereocenters. The lowest BCUT2D eigenvalue weighted by atomic mass is 10.0. The van der Waals surface area contributed by atoms with Gasteiger partial charge >= 0.3 is 5.97 Å². The first kappa shape index (κ1) is 30.7. The highest BCUT2D eigenvalue weighted by Crippen LogP contribution is 2.24. The van der Waals surface area contributed by atoms with E-state index in [-0.39, 0.29) is 36.9 Å². The number of benzene rings is 1. The maximum absolute atomic E-state index is 12.6. The maximum Gasteiger partial charge on any atom is 0.337 e. The van der Waals surface area contributed by atoms with E-state index in [0.29, 0.717) is 12.3 Å². The van der Waals surface area contributed by atoms with Crippen molar-refractivity contribution in [2.75, 3.05) is 38.7 Å². The fourth-order valence-electron chi connectivity index (χ4n) is 4.61. The van der Waals surface area contributed by atoms with Gasteiger partial charge in [-0.15, -0.1) is 0 Å². The number of rotatable bonds is 21. The van der Waals surface area contributed by atoms with Crippen LogP contribution in [0.25, 0.3) is 0 Å². The van der Waals surface area contributed by atoms with Crippen LogP contribution in [0.5, 0.6) is 5.75 Å². The van der Waals surface area contributed by atoms with Crippen LogP contribution in [0.1, 0.15) is 96.8 Å². The average molecular weight is 517 g/mol. The molecular formula is C30H48N2O5. The van der Waals surface area contributed by atoms with Crippen LogP contribution < -0.4 is 10.1 Å². The standard InChI is InChI=1S/C30H48N2O5/c1-3-4-5-6-7-8-9-10-11-12-13-14-15-16-23-37-26-19-17-25(18-20-26)31-28-27(30(35)36-2)24-32(21-22-33)29(28)34/h17-20,31,33H,3-16,21-24H2,1-2H3. The van der Waals surface area contributed by atoms with Crippen molar-refractivity contribution in [3.05, 3.63) is 35.5 Å². The van der Waals surface area contributed by atoms with Gasteiger partial charge < -0.3 is 24.8 Å². The Morgan fingerprint density at radius 1 is 0.892 bits per heavy atom. The first-order chi connectivity index (χ1) is 18.1. The molecule has 2 rings (SSSR count). The Balaban J connectivity index is 1.58. The highest BCUT2D eigenvalue weighted by molar-refractivity contribution is 6.08. The van der Waals surface area contributed by atoms with Crippen molar-refractivity contribution in [1.82, 2.24) is 4.90 Å². The number of esters is 1. The van der Waals surface area contributed by atoms with Crippen molar-refractivity contribution in [2.45, 2.75) is 96.8 Å². The monoisotopic (exact) mass is 516 g/mol. The Hall–Kier alpha value is -2.54. The molecule has 1 aromatic carbocycles. The molecule has 1 heterocycles. The number of hydrogen-bond donors (Lipinski definition) is 2. The van der Waals surface area contributed by atoms with Crippen molar-refractivity contribution < 1.29 is 24.2 Å². The first-order valence-electron chi connectivity index (χ1n) is 14.3. The largest absolute Gasteiger partial charge is 0.494 e. The van der Waals surface area contributed by atoms with Crippen molar-refractivity contribution in [1.29, 1.82) is 0 Å². The molecule has 0 aromatic heterocycles. The summed E-state index contributed by atoms with van der Waals surface area (Å²) < 4.78 is 10.7. The molecule has 37 heavy (non-hydrogen) atoms. The van der Waals surface area contributed by atoms with Gasteiger partial charge in [0.05, 0.1) is 32.4 Å². The van der Waals surface area contributed by atoms with Crippen LogP contribution in [-0.4, -0.2) is 55.3 Å². The molecule has 2 N–H and O–H groups in total. The molecule has 1 aliphatic heterocycles. The summed E-state index contributed by atoms with van der Waals surface area (Å²) in [6.07, 6.45) is 18.7. The van der Waals surface area contributed by atoms with Gasteiger partial charge in [-0.25, -0.2) is 4.79 Å². The SMILES string of the molecule is CCCCCCCCCCCCCCCCOc1ccc(NC2=C(C(=O)OC)CN(CCO)C2=O)cc1. The average Bonchev–Trinajstić information content (AvgIpc) is 3.21. The Kier molecular flexibility index (Phi) is 15.5. The molecule has 0 spiro atoms. The highest BCUT2D eigenvalue weighted by Gasteiger charge is 2.34. The van der Waals surface area contributed by atoms with E-state index in [4.69, 9.17) is 9.47 Å². The van der Waals surface area contributed by atoms with Gasteiger partial charge in [0.15, 0.2) is 0 Å². The van der Waals surface area contributed by atoms with Crippen molar-refractivity contribution in [3.8, 4) is 5.75 Å². The first-order valence-corrected chi connectivity index (χ1v) is 14.3. The second kappa shape index (κ2) is 18.7. The fraction of sp³-hybridized carbons (Fsp3) is 0.667. The number of nitrogens with one attached hydrogen (secondary N) is 1. The van der Waals surface area contributed by atoms with E-state index in [2.05, 4.69) is 12.2 Å². The minimum Gasteiger partial charge on any atom is -0.494 e. The molecule has 0 saturated heterocycles. The Morgan fingerprint density at radius 2 is 1.43 bits per heavy atom. The lowest BCUT2D eigenvalue weighted by Gasteiger charge is -2.15. The molecule has 208 valence electrons. The predicted octanol–water partition coefficient (Wildman–Crippen LogP) is 6.22. The van der Waals surface area contributed by atoms with Crippen LogP contribution in [0.2, 0.25) is 0 Å². The minimum absolute atomic E-state index is 0.120. The highest BCUT2D eigenvalue weighted by atomic mass is 16.5. The molecule has 1 amide bonds. The number of β-amino-alcohol motifs (C(OH)–C–C–N with tert-alkyl or cyclic N) is 1. The van der Waals surface area contributed by atoms with E-state index in [1.807, 2.05) is 24.3 Å². The maximum atomic E-state index is 12.6. The molecule has 0 saturated carbocycles. The smallest absolute Gasteiger partial charge is 0.337 e. The number of carbonyl (C=O) groups is 2. The van der Waals surface area contributed by atoms with Crippen LogP contribution >= 0.6 is 0 Å². The summed E-state index contributed by atoms with van der Waals surface area (Å²) >= 11 is 0. The van der Waals surface area contributed by atoms with Crippen LogP contribution in [0.15, 0.2) is 35.5 Å². The second-order valence-corrected chi connectivity index (χ2v) is 9.89. The molecule has 0 bridgehead atoms. The predicted molar refractivity (Wildman–Crippen MR) is 149 cm³/mol. The van der Waals surface area contributed by atoms with E-state index >= 15 is 0 Å². The van der Waals surface area contributed by atoms with Crippen LogP contribution in [-0.2, 0) is 14.3 Å². The van der Waals surface area contributed by atoms with Gasteiger partial charge in [-0.05, 0) is 30.7 Å². The zero-order valence-electron chi connectivity index (χ0n) is 23.1. The molecule has 0 aliphatic carbocycles. The van der Waals surface area contributed by atoms with Crippen LogP contribution in [0, 0.1) is 0 Å². The van der Waals surface area contributed by atoms with Gasteiger partial charge in [-0.2, -0.15) is 0 Å². The summed E-state index contributed by atoms with van der Waals surface area (Å²) in [6.45, 7) is 3.08. The number of anilines is 1. The van der Waals surface area contributed by atoms with E-state index in [9.17, 15) is 14.7 Å². The Morgan fingerprint density at radius 3 is 1.95 bits per heavy atom. The normalized spacial score (nSPS) is 13.4. The number of unbranched alkanes of at least 4 members (excludes halogenated alkanes) is 13. The number of methoxy groups -OCH3 is 1. The summed E-state index contributed by atoms with van der Waals surface area (Å²) in [5, 5.41) is 12.2.